The van der Waals surface area contributed by atoms with Crippen molar-refractivity contribution in [3.05, 3.63) is 28.2 Å². The Labute approximate surface area is 132 Å². The zero-order valence-corrected chi connectivity index (χ0v) is 14.5. The first kappa shape index (κ1) is 15.8. The third-order valence-corrected chi connectivity index (χ3v) is 4.81. The standard InChI is InChI=1S/C17H27BrN2/c1-4-10-19-12-14-11-15(18)7-9-17(14)20-13(3)6-8-16(20)5-2/h7,9,11,13,16,19H,4-6,8,10,12H2,1-3H3. The molecule has 1 N–H and O–H groups in total. The molecular weight excluding hydrogens is 312 g/mol. The number of nitrogens with one attached hydrogen (secondary N) is 1. The van der Waals surface area contributed by atoms with Gasteiger partial charge in [0.25, 0.3) is 0 Å². The molecule has 0 amide bonds. The van der Waals surface area contributed by atoms with Gasteiger partial charge in [0.1, 0.15) is 0 Å². The van der Waals surface area contributed by atoms with Gasteiger partial charge in [0, 0.05) is 28.8 Å². The molecule has 1 aliphatic rings. The van der Waals surface area contributed by atoms with Gasteiger partial charge in [-0.3, -0.25) is 0 Å². The lowest BCUT2D eigenvalue weighted by Gasteiger charge is -2.32. The molecule has 2 rings (SSSR count). The Morgan fingerprint density at radius 1 is 1.30 bits per heavy atom. The summed E-state index contributed by atoms with van der Waals surface area (Å²) in [6.45, 7) is 8.93. The van der Waals surface area contributed by atoms with Crippen molar-refractivity contribution in [3.8, 4) is 0 Å². The molecule has 0 aromatic heterocycles. The van der Waals surface area contributed by atoms with Crippen molar-refractivity contribution >= 4 is 21.6 Å². The Morgan fingerprint density at radius 2 is 2.10 bits per heavy atom. The number of rotatable bonds is 6. The maximum absolute atomic E-state index is 3.61. The van der Waals surface area contributed by atoms with Gasteiger partial charge in [0.15, 0.2) is 0 Å². The van der Waals surface area contributed by atoms with Crippen LogP contribution >= 0.6 is 15.9 Å². The number of halogens is 1. The van der Waals surface area contributed by atoms with Crippen LogP contribution in [-0.4, -0.2) is 18.6 Å². The van der Waals surface area contributed by atoms with Crippen LogP contribution in [0.3, 0.4) is 0 Å². The number of anilines is 1. The van der Waals surface area contributed by atoms with Crippen LogP contribution in [0.4, 0.5) is 5.69 Å². The quantitative estimate of drug-likeness (QED) is 0.755. The van der Waals surface area contributed by atoms with Crippen LogP contribution in [0.15, 0.2) is 22.7 Å². The van der Waals surface area contributed by atoms with E-state index in [-0.39, 0.29) is 0 Å². The molecular formula is C17H27BrN2. The van der Waals surface area contributed by atoms with Gasteiger partial charge in [-0.05, 0) is 62.9 Å². The van der Waals surface area contributed by atoms with Crippen LogP contribution in [0.1, 0.15) is 52.0 Å². The van der Waals surface area contributed by atoms with E-state index in [4.69, 9.17) is 0 Å². The molecule has 0 aliphatic carbocycles. The summed E-state index contributed by atoms with van der Waals surface area (Å²) in [6.07, 6.45) is 5.06. The topological polar surface area (TPSA) is 15.3 Å². The fourth-order valence-corrected chi connectivity index (χ4v) is 3.66. The molecule has 2 unspecified atom stereocenters. The molecule has 1 aromatic carbocycles. The minimum Gasteiger partial charge on any atom is -0.366 e. The van der Waals surface area contributed by atoms with E-state index in [0.29, 0.717) is 12.1 Å². The molecule has 0 saturated carbocycles. The SMILES string of the molecule is CCCNCc1cc(Br)ccc1N1C(C)CCC1CC. The van der Waals surface area contributed by atoms with Crippen molar-refractivity contribution in [2.45, 2.75) is 65.1 Å². The third kappa shape index (κ3) is 3.56. The Bertz CT molecular complexity index is 433. The monoisotopic (exact) mass is 338 g/mol. The molecule has 1 heterocycles. The molecule has 2 atom stereocenters. The highest BCUT2D eigenvalue weighted by Crippen LogP contribution is 2.35. The van der Waals surface area contributed by atoms with Crippen molar-refractivity contribution in [1.29, 1.82) is 0 Å². The molecule has 1 fully saturated rings. The van der Waals surface area contributed by atoms with E-state index >= 15 is 0 Å². The Hall–Kier alpha value is -0.540. The lowest BCUT2D eigenvalue weighted by atomic mass is 10.1. The van der Waals surface area contributed by atoms with Gasteiger partial charge in [-0.1, -0.05) is 29.8 Å². The van der Waals surface area contributed by atoms with Crippen LogP contribution in [0, 0.1) is 0 Å². The van der Waals surface area contributed by atoms with Crippen molar-refractivity contribution in [2.24, 2.45) is 0 Å². The van der Waals surface area contributed by atoms with Crippen LogP contribution in [-0.2, 0) is 6.54 Å². The van der Waals surface area contributed by atoms with E-state index in [9.17, 15) is 0 Å². The Morgan fingerprint density at radius 3 is 2.80 bits per heavy atom. The predicted octanol–water partition coefficient (Wildman–Crippen LogP) is 4.72. The van der Waals surface area contributed by atoms with Gasteiger partial charge in [-0.2, -0.15) is 0 Å². The first-order chi connectivity index (χ1) is 9.67. The number of benzene rings is 1. The highest BCUT2D eigenvalue weighted by molar-refractivity contribution is 9.10. The normalized spacial score (nSPS) is 22.5. The lowest BCUT2D eigenvalue weighted by molar-refractivity contribution is 0.618. The smallest absolute Gasteiger partial charge is 0.0417 e. The van der Waals surface area contributed by atoms with Gasteiger partial charge in [0.2, 0.25) is 0 Å². The van der Waals surface area contributed by atoms with Crippen LogP contribution < -0.4 is 10.2 Å². The maximum Gasteiger partial charge on any atom is 0.0417 e. The van der Waals surface area contributed by atoms with E-state index in [1.54, 1.807) is 0 Å². The molecule has 1 aromatic rings. The van der Waals surface area contributed by atoms with E-state index in [1.165, 1.54) is 41.4 Å². The number of nitrogens with zero attached hydrogens (tertiary/aromatic N) is 1. The zero-order valence-electron chi connectivity index (χ0n) is 13.0. The number of hydrogen-bond donors (Lipinski definition) is 1. The molecule has 112 valence electrons. The minimum absolute atomic E-state index is 0.658. The van der Waals surface area contributed by atoms with Gasteiger partial charge >= 0.3 is 0 Å². The third-order valence-electron chi connectivity index (χ3n) is 4.32. The largest absolute Gasteiger partial charge is 0.366 e. The average Bonchev–Trinajstić information content (AvgIpc) is 2.80. The first-order valence-electron chi connectivity index (χ1n) is 7.94. The van der Waals surface area contributed by atoms with E-state index in [2.05, 4.69) is 65.1 Å². The highest BCUT2D eigenvalue weighted by atomic mass is 79.9. The van der Waals surface area contributed by atoms with Crippen molar-refractivity contribution in [1.82, 2.24) is 5.32 Å². The molecule has 0 bridgehead atoms. The van der Waals surface area contributed by atoms with E-state index < -0.39 is 0 Å². The summed E-state index contributed by atoms with van der Waals surface area (Å²) in [5.74, 6) is 0. The Kier molecular flexibility index (Phi) is 5.91. The van der Waals surface area contributed by atoms with Crippen LogP contribution in [0.2, 0.25) is 0 Å². The molecule has 0 spiro atoms. The fraction of sp³-hybridized carbons (Fsp3) is 0.647. The lowest BCUT2D eigenvalue weighted by Crippen LogP contribution is -2.35. The second-order valence-corrected chi connectivity index (χ2v) is 6.76. The van der Waals surface area contributed by atoms with Crippen molar-refractivity contribution in [3.63, 3.8) is 0 Å². The van der Waals surface area contributed by atoms with Crippen LogP contribution in [0.25, 0.3) is 0 Å². The van der Waals surface area contributed by atoms with Crippen LogP contribution in [0.5, 0.6) is 0 Å². The summed E-state index contributed by atoms with van der Waals surface area (Å²) in [7, 11) is 0. The summed E-state index contributed by atoms with van der Waals surface area (Å²) in [5, 5.41) is 3.54. The number of hydrogen-bond acceptors (Lipinski definition) is 2. The van der Waals surface area contributed by atoms with Gasteiger partial charge in [-0.25, -0.2) is 0 Å². The summed E-state index contributed by atoms with van der Waals surface area (Å²) in [5.41, 5.74) is 2.84. The summed E-state index contributed by atoms with van der Waals surface area (Å²) < 4.78 is 1.18. The minimum atomic E-state index is 0.658. The van der Waals surface area contributed by atoms with Gasteiger partial charge in [-0.15, -0.1) is 0 Å². The fourth-order valence-electron chi connectivity index (χ4n) is 3.25. The van der Waals surface area contributed by atoms with Crippen molar-refractivity contribution < 1.29 is 0 Å². The maximum atomic E-state index is 3.61. The van der Waals surface area contributed by atoms with E-state index in [1.807, 2.05) is 0 Å². The second kappa shape index (κ2) is 7.46. The Balaban J connectivity index is 2.25. The highest BCUT2D eigenvalue weighted by Gasteiger charge is 2.30. The molecule has 1 saturated heterocycles. The van der Waals surface area contributed by atoms with Crippen molar-refractivity contribution in [2.75, 3.05) is 11.4 Å². The van der Waals surface area contributed by atoms with Gasteiger partial charge < -0.3 is 10.2 Å². The zero-order chi connectivity index (χ0) is 14.5. The van der Waals surface area contributed by atoms with Gasteiger partial charge in [0.05, 0.1) is 0 Å². The molecule has 3 heteroatoms. The molecule has 1 aliphatic heterocycles. The summed E-state index contributed by atoms with van der Waals surface area (Å²) >= 11 is 3.61. The van der Waals surface area contributed by atoms with E-state index in [0.717, 1.165) is 13.1 Å². The predicted molar refractivity (Wildman–Crippen MR) is 91.4 cm³/mol. The average molecular weight is 339 g/mol. The summed E-state index contributed by atoms with van der Waals surface area (Å²) in [6, 6.07) is 8.10. The molecule has 2 nitrogen and oxygen atoms in total. The second-order valence-electron chi connectivity index (χ2n) is 5.85. The first-order valence-corrected chi connectivity index (χ1v) is 8.74. The molecule has 0 radical (unpaired) electrons. The molecule has 20 heavy (non-hydrogen) atoms. The summed E-state index contributed by atoms with van der Waals surface area (Å²) in [4.78, 5) is 2.65.